The molecule has 0 aliphatic heterocycles. The first-order chi connectivity index (χ1) is 15.8. The maximum Gasteiger partial charge on any atom is 0.261 e. The number of hydrogen-bond donors (Lipinski definition) is 2. The van der Waals surface area contributed by atoms with Gasteiger partial charge in [-0.1, -0.05) is 53.8 Å². The van der Waals surface area contributed by atoms with E-state index in [1.54, 1.807) is 24.4 Å². The molecule has 166 valence electrons. The van der Waals surface area contributed by atoms with E-state index in [1.807, 2.05) is 30.3 Å². The van der Waals surface area contributed by atoms with Crippen molar-refractivity contribution in [1.82, 2.24) is 4.98 Å². The Balaban J connectivity index is 1.45. The zero-order valence-corrected chi connectivity index (χ0v) is 19.1. The van der Waals surface area contributed by atoms with Crippen molar-refractivity contribution >= 4 is 43.9 Å². The van der Waals surface area contributed by atoms with Gasteiger partial charge in [-0.25, -0.2) is 13.4 Å². The number of carbonyl (C=O) groups excluding carboxylic acids is 2. The first-order valence-corrected chi connectivity index (χ1v) is 12.2. The van der Waals surface area contributed by atoms with E-state index in [4.69, 9.17) is 0 Å². The van der Waals surface area contributed by atoms with Crippen molar-refractivity contribution in [3.63, 3.8) is 0 Å². The lowest BCUT2D eigenvalue weighted by Gasteiger charge is -2.09. The smallest absolute Gasteiger partial charge is 0.261 e. The minimum absolute atomic E-state index is 0.00658. The molecule has 0 atom stereocenters. The first kappa shape index (κ1) is 22.4. The predicted octanol–water partition coefficient (Wildman–Crippen LogP) is 5.07. The first-order valence-electron chi connectivity index (χ1n) is 9.88. The fourth-order valence-electron chi connectivity index (χ4n) is 3.04. The van der Waals surface area contributed by atoms with Gasteiger partial charge >= 0.3 is 0 Å². The van der Waals surface area contributed by atoms with Gasteiger partial charge in [0.05, 0.1) is 9.77 Å². The van der Waals surface area contributed by atoms with Crippen molar-refractivity contribution < 1.29 is 18.0 Å². The number of thiazole rings is 1. The van der Waals surface area contributed by atoms with Gasteiger partial charge in [-0.15, -0.1) is 0 Å². The van der Waals surface area contributed by atoms with Crippen molar-refractivity contribution in [3.05, 3.63) is 96.2 Å². The number of hydrogen-bond acceptors (Lipinski definition) is 6. The summed E-state index contributed by atoms with van der Waals surface area (Å²) < 4.78 is 27.8. The Morgan fingerprint density at radius 1 is 0.879 bits per heavy atom. The Labute approximate surface area is 195 Å². The quantitative estimate of drug-likeness (QED) is 0.362. The summed E-state index contributed by atoms with van der Waals surface area (Å²) in [6, 6.07) is 21.5. The Hall–Kier alpha value is -3.82. The Morgan fingerprint density at radius 2 is 1.61 bits per heavy atom. The average molecular weight is 478 g/mol. The number of Topliss-reactive ketones (excluding diaryl/α,β-unsaturated/α-hetero) is 1. The van der Waals surface area contributed by atoms with Crippen LogP contribution < -0.4 is 10.0 Å². The van der Waals surface area contributed by atoms with Crippen LogP contribution in [0.2, 0.25) is 0 Å². The second-order valence-electron chi connectivity index (χ2n) is 7.12. The minimum atomic E-state index is -3.89. The summed E-state index contributed by atoms with van der Waals surface area (Å²) in [4.78, 5) is 29.2. The lowest BCUT2D eigenvalue weighted by atomic mass is 10.1. The van der Waals surface area contributed by atoms with Gasteiger partial charge in [0, 0.05) is 23.0 Å². The third-order valence-corrected chi connectivity index (χ3v) is 7.09. The predicted molar refractivity (Wildman–Crippen MR) is 129 cm³/mol. The molecule has 2 N–H and O–H groups in total. The summed E-state index contributed by atoms with van der Waals surface area (Å²) in [5.41, 5.74) is 1.98. The number of aromatic nitrogens is 1. The third kappa shape index (κ3) is 5.33. The zero-order chi connectivity index (χ0) is 23.4. The molecule has 1 aromatic heterocycles. The van der Waals surface area contributed by atoms with E-state index in [9.17, 15) is 18.0 Å². The summed E-state index contributed by atoms with van der Waals surface area (Å²) in [7, 11) is -3.89. The molecule has 4 aromatic rings. The van der Waals surface area contributed by atoms with Crippen molar-refractivity contribution in [3.8, 4) is 10.4 Å². The van der Waals surface area contributed by atoms with Crippen LogP contribution in [0.5, 0.6) is 0 Å². The van der Waals surface area contributed by atoms with Crippen molar-refractivity contribution in [2.75, 3.05) is 10.0 Å². The van der Waals surface area contributed by atoms with Crippen LogP contribution in [0.4, 0.5) is 10.8 Å². The summed E-state index contributed by atoms with van der Waals surface area (Å²) in [6.07, 6.45) is 1.69. The minimum Gasteiger partial charge on any atom is -0.298 e. The van der Waals surface area contributed by atoms with Crippen LogP contribution in [-0.2, 0) is 10.0 Å². The lowest BCUT2D eigenvalue weighted by Crippen LogP contribution is -2.15. The summed E-state index contributed by atoms with van der Waals surface area (Å²) in [5, 5.41) is 3.18. The molecule has 0 radical (unpaired) electrons. The second kappa shape index (κ2) is 9.35. The number of benzene rings is 3. The molecule has 0 aliphatic carbocycles. The normalized spacial score (nSPS) is 11.1. The molecule has 33 heavy (non-hydrogen) atoms. The molecule has 0 spiro atoms. The maximum atomic E-state index is 12.7. The number of nitrogens with one attached hydrogen (secondary N) is 2. The topological polar surface area (TPSA) is 105 Å². The molecular weight excluding hydrogens is 458 g/mol. The van der Waals surface area contributed by atoms with E-state index >= 15 is 0 Å². The Bertz CT molecular complexity index is 1410. The number of nitrogens with zero attached hydrogens (tertiary/aromatic N) is 1. The molecule has 0 saturated carbocycles. The number of sulfonamides is 1. The maximum absolute atomic E-state index is 12.7. The number of ketones is 1. The second-order valence-corrected chi connectivity index (χ2v) is 9.83. The van der Waals surface area contributed by atoms with E-state index in [0.29, 0.717) is 16.3 Å². The Morgan fingerprint density at radius 3 is 2.30 bits per heavy atom. The monoisotopic (exact) mass is 477 g/mol. The van der Waals surface area contributed by atoms with Crippen LogP contribution in [0.15, 0.2) is 90.0 Å². The molecule has 0 unspecified atom stereocenters. The van der Waals surface area contributed by atoms with Gasteiger partial charge in [0.1, 0.15) is 0 Å². The molecule has 3 aromatic carbocycles. The van der Waals surface area contributed by atoms with Crippen LogP contribution in [0.1, 0.15) is 27.6 Å². The van der Waals surface area contributed by atoms with Crippen LogP contribution in [0.25, 0.3) is 10.4 Å². The summed E-state index contributed by atoms with van der Waals surface area (Å²) in [5.74, 6) is -0.558. The highest BCUT2D eigenvalue weighted by atomic mass is 32.2. The Kier molecular flexibility index (Phi) is 6.34. The molecule has 9 heteroatoms. The van der Waals surface area contributed by atoms with E-state index in [0.717, 1.165) is 10.4 Å². The number of amides is 1. The van der Waals surface area contributed by atoms with Gasteiger partial charge in [0.25, 0.3) is 15.9 Å². The molecule has 7 nitrogen and oxygen atoms in total. The van der Waals surface area contributed by atoms with Crippen LogP contribution >= 0.6 is 11.3 Å². The van der Waals surface area contributed by atoms with Gasteiger partial charge in [-0.2, -0.15) is 0 Å². The van der Waals surface area contributed by atoms with E-state index in [-0.39, 0.29) is 16.4 Å². The summed E-state index contributed by atoms with van der Waals surface area (Å²) in [6.45, 7) is 1.41. The van der Waals surface area contributed by atoms with Gasteiger partial charge in [0.2, 0.25) is 0 Å². The van der Waals surface area contributed by atoms with Crippen LogP contribution in [-0.4, -0.2) is 25.1 Å². The SMILES string of the molecule is CC(=O)c1cccc(NS(=O)(=O)c2ccc(C(=O)Nc3ncc(-c4ccccc4)s3)cc2)c1. The van der Waals surface area contributed by atoms with Gasteiger partial charge in [-0.05, 0) is 48.9 Å². The molecule has 0 saturated heterocycles. The zero-order valence-electron chi connectivity index (χ0n) is 17.5. The average Bonchev–Trinajstić information content (AvgIpc) is 3.28. The molecule has 0 fully saturated rings. The fraction of sp³-hybridized carbons (Fsp3) is 0.0417. The van der Waals surface area contributed by atoms with E-state index < -0.39 is 15.9 Å². The lowest BCUT2D eigenvalue weighted by molar-refractivity contribution is 0.101. The van der Waals surface area contributed by atoms with Gasteiger partial charge < -0.3 is 0 Å². The van der Waals surface area contributed by atoms with Crippen LogP contribution in [0.3, 0.4) is 0 Å². The van der Waals surface area contributed by atoms with E-state index in [2.05, 4.69) is 15.0 Å². The molecule has 1 heterocycles. The standard InChI is InChI=1S/C24H19N3O4S2/c1-16(28)19-8-5-9-20(14-19)27-33(30,31)21-12-10-18(11-13-21)23(29)26-24-25-15-22(32-24)17-6-3-2-4-7-17/h2-15,27H,1H3,(H,25,26,29). The molecular formula is C24H19N3O4S2. The third-order valence-electron chi connectivity index (χ3n) is 4.73. The van der Waals surface area contributed by atoms with Crippen molar-refractivity contribution in [2.45, 2.75) is 11.8 Å². The fourth-order valence-corrected chi connectivity index (χ4v) is 4.90. The number of anilines is 2. The van der Waals surface area contributed by atoms with Crippen LogP contribution in [0, 0.1) is 0 Å². The molecule has 4 rings (SSSR count). The highest BCUT2D eigenvalue weighted by Gasteiger charge is 2.16. The number of rotatable bonds is 7. The van der Waals surface area contributed by atoms with Gasteiger partial charge in [-0.3, -0.25) is 19.6 Å². The number of carbonyl (C=O) groups is 2. The van der Waals surface area contributed by atoms with Crippen molar-refractivity contribution in [1.29, 1.82) is 0 Å². The highest BCUT2D eigenvalue weighted by molar-refractivity contribution is 7.92. The van der Waals surface area contributed by atoms with E-state index in [1.165, 1.54) is 48.6 Å². The highest BCUT2D eigenvalue weighted by Crippen LogP contribution is 2.29. The largest absolute Gasteiger partial charge is 0.298 e. The molecule has 0 aliphatic rings. The molecule has 0 bridgehead atoms. The van der Waals surface area contributed by atoms with Crippen molar-refractivity contribution in [2.24, 2.45) is 0 Å². The van der Waals surface area contributed by atoms with Gasteiger partial charge in [0.15, 0.2) is 10.9 Å². The molecule has 1 amide bonds. The summed E-state index contributed by atoms with van der Waals surface area (Å²) >= 11 is 1.35.